The Labute approximate surface area is 130 Å². The van der Waals surface area contributed by atoms with E-state index < -0.39 is 0 Å². The normalized spacial score (nSPS) is 10.6. The van der Waals surface area contributed by atoms with Gasteiger partial charge in [-0.15, -0.1) is 0 Å². The minimum Gasteiger partial charge on any atom is -0.246 e. The van der Waals surface area contributed by atoms with Crippen molar-refractivity contribution in [2.24, 2.45) is 0 Å². The van der Waals surface area contributed by atoms with Crippen molar-refractivity contribution in [1.82, 2.24) is 15.0 Å². The first-order chi connectivity index (χ1) is 10.1. The molecular formula is C15H8Cl2FN3. The summed E-state index contributed by atoms with van der Waals surface area (Å²) in [5.41, 5.74) is 2.53. The van der Waals surface area contributed by atoms with Gasteiger partial charge in [0.15, 0.2) is 0 Å². The fourth-order valence-corrected chi connectivity index (χ4v) is 2.19. The fraction of sp³-hybridized carbons (Fsp3) is 0. The number of pyridine rings is 1. The summed E-state index contributed by atoms with van der Waals surface area (Å²) in [6.07, 6.45) is 1.43. The van der Waals surface area contributed by atoms with E-state index in [1.165, 1.54) is 18.3 Å². The van der Waals surface area contributed by atoms with E-state index >= 15 is 0 Å². The zero-order valence-electron chi connectivity index (χ0n) is 10.6. The maximum atomic E-state index is 13.0. The maximum absolute atomic E-state index is 13.0. The molecule has 0 aliphatic carbocycles. The molecule has 0 spiro atoms. The molecule has 0 aliphatic rings. The van der Waals surface area contributed by atoms with Crippen molar-refractivity contribution in [3.63, 3.8) is 0 Å². The van der Waals surface area contributed by atoms with Crippen LogP contribution in [0.1, 0.15) is 0 Å². The Morgan fingerprint density at radius 1 is 0.857 bits per heavy atom. The number of halogens is 3. The Morgan fingerprint density at radius 3 is 2.33 bits per heavy atom. The van der Waals surface area contributed by atoms with Crippen molar-refractivity contribution in [2.45, 2.75) is 0 Å². The number of rotatable bonds is 2. The van der Waals surface area contributed by atoms with Crippen LogP contribution >= 0.6 is 23.2 Å². The smallest absolute Gasteiger partial charge is 0.223 e. The summed E-state index contributed by atoms with van der Waals surface area (Å²) < 4.78 is 13.0. The number of benzene rings is 1. The highest BCUT2D eigenvalue weighted by molar-refractivity contribution is 6.33. The summed E-state index contributed by atoms with van der Waals surface area (Å²) >= 11 is 11.9. The topological polar surface area (TPSA) is 38.7 Å². The van der Waals surface area contributed by atoms with Gasteiger partial charge in [-0.3, -0.25) is 0 Å². The van der Waals surface area contributed by atoms with Gasteiger partial charge < -0.3 is 0 Å². The van der Waals surface area contributed by atoms with Crippen molar-refractivity contribution >= 4 is 23.2 Å². The molecule has 2 aromatic heterocycles. The van der Waals surface area contributed by atoms with Crippen LogP contribution < -0.4 is 0 Å². The first-order valence-corrected chi connectivity index (χ1v) is 6.80. The second-order valence-electron chi connectivity index (χ2n) is 4.25. The van der Waals surface area contributed by atoms with E-state index in [9.17, 15) is 4.39 Å². The van der Waals surface area contributed by atoms with Gasteiger partial charge in [0.05, 0.1) is 22.6 Å². The molecule has 6 heteroatoms. The number of hydrogen-bond acceptors (Lipinski definition) is 3. The number of hydrogen-bond donors (Lipinski definition) is 0. The molecule has 0 N–H and O–H groups in total. The molecule has 0 saturated carbocycles. The van der Waals surface area contributed by atoms with E-state index in [1.807, 2.05) is 12.1 Å². The van der Waals surface area contributed by atoms with E-state index in [-0.39, 0.29) is 11.1 Å². The number of nitrogens with zero attached hydrogens (tertiary/aromatic N) is 3. The van der Waals surface area contributed by atoms with Crippen molar-refractivity contribution < 1.29 is 4.39 Å². The average molecular weight is 320 g/mol. The van der Waals surface area contributed by atoms with Crippen LogP contribution in [0.3, 0.4) is 0 Å². The third-order valence-electron chi connectivity index (χ3n) is 2.85. The van der Waals surface area contributed by atoms with E-state index in [2.05, 4.69) is 15.0 Å². The molecule has 21 heavy (non-hydrogen) atoms. The van der Waals surface area contributed by atoms with E-state index in [1.54, 1.807) is 18.2 Å². The largest absolute Gasteiger partial charge is 0.246 e. The van der Waals surface area contributed by atoms with Crippen molar-refractivity contribution in [2.75, 3.05) is 0 Å². The standard InChI is InChI=1S/C15H8Cl2FN3/c16-11-8-19-15(17)21-14(11)13-3-1-2-12(20-13)9-4-6-10(18)7-5-9/h1-8H. The highest BCUT2D eigenvalue weighted by Crippen LogP contribution is 2.27. The summed E-state index contributed by atoms with van der Waals surface area (Å²) in [5, 5.41) is 0.464. The van der Waals surface area contributed by atoms with Crippen LogP contribution in [-0.4, -0.2) is 15.0 Å². The Morgan fingerprint density at radius 2 is 1.57 bits per heavy atom. The van der Waals surface area contributed by atoms with E-state index in [0.717, 1.165) is 5.56 Å². The molecule has 0 radical (unpaired) electrons. The van der Waals surface area contributed by atoms with E-state index in [4.69, 9.17) is 23.2 Å². The lowest BCUT2D eigenvalue weighted by atomic mass is 10.1. The average Bonchev–Trinajstić information content (AvgIpc) is 2.50. The van der Waals surface area contributed by atoms with Gasteiger partial charge in [-0.2, -0.15) is 0 Å². The molecule has 0 saturated heterocycles. The second kappa shape index (κ2) is 5.76. The first kappa shape index (κ1) is 13.9. The summed E-state index contributed by atoms with van der Waals surface area (Å²) in [6, 6.07) is 11.5. The van der Waals surface area contributed by atoms with Crippen molar-refractivity contribution in [3.8, 4) is 22.6 Å². The molecule has 3 aromatic rings. The van der Waals surface area contributed by atoms with Crippen LogP contribution in [0.25, 0.3) is 22.6 Å². The second-order valence-corrected chi connectivity index (χ2v) is 5.00. The molecule has 0 atom stereocenters. The van der Waals surface area contributed by atoms with E-state index in [0.29, 0.717) is 22.1 Å². The Kier molecular flexibility index (Phi) is 3.82. The van der Waals surface area contributed by atoms with Crippen LogP contribution in [0, 0.1) is 5.82 Å². The predicted octanol–water partition coefficient (Wildman–Crippen LogP) is 4.65. The van der Waals surface area contributed by atoms with Crippen LogP contribution in [0.2, 0.25) is 10.3 Å². The summed E-state index contributed by atoms with van der Waals surface area (Å²) in [7, 11) is 0. The quantitative estimate of drug-likeness (QED) is 0.645. The first-order valence-electron chi connectivity index (χ1n) is 6.05. The lowest BCUT2D eigenvalue weighted by Gasteiger charge is -2.06. The van der Waals surface area contributed by atoms with Crippen LogP contribution in [0.15, 0.2) is 48.7 Å². The van der Waals surface area contributed by atoms with Crippen molar-refractivity contribution in [1.29, 1.82) is 0 Å². The maximum Gasteiger partial charge on any atom is 0.223 e. The Bertz CT molecular complexity index is 791. The summed E-state index contributed by atoms with van der Waals surface area (Å²) in [6.45, 7) is 0. The van der Waals surface area contributed by atoms with Crippen molar-refractivity contribution in [3.05, 3.63) is 64.8 Å². The highest BCUT2D eigenvalue weighted by Gasteiger charge is 2.10. The molecular weight excluding hydrogens is 312 g/mol. The van der Waals surface area contributed by atoms with Gasteiger partial charge in [0.1, 0.15) is 11.5 Å². The molecule has 0 unspecified atom stereocenters. The Balaban J connectivity index is 2.08. The minimum atomic E-state index is -0.291. The molecule has 104 valence electrons. The lowest BCUT2D eigenvalue weighted by molar-refractivity contribution is 0.628. The monoisotopic (exact) mass is 319 g/mol. The third-order valence-corrected chi connectivity index (χ3v) is 3.31. The van der Waals surface area contributed by atoms with Gasteiger partial charge in [-0.05, 0) is 48.0 Å². The molecule has 0 aliphatic heterocycles. The van der Waals surface area contributed by atoms with Gasteiger partial charge in [0.2, 0.25) is 5.28 Å². The zero-order chi connectivity index (χ0) is 14.8. The SMILES string of the molecule is Fc1ccc(-c2cccc(-c3nc(Cl)ncc3Cl)n2)cc1. The molecule has 2 heterocycles. The van der Waals surface area contributed by atoms with Crippen LogP contribution in [0.4, 0.5) is 4.39 Å². The highest BCUT2D eigenvalue weighted by atomic mass is 35.5. The van der Waals surface area contributed by atoms with Crippen LogP contribution in [0.5, 0.6) is 0 Å². The van der Waals surface area contributed by atoms with Crippen LogP contribution in [-0.2, 0) is 0 Å². The van der Waals surface area contributed by atoms with Gasteiger partial charge in [0, 0.05) is 5.56 Å². The molecule has 0 amide bonds. The third kappa shape index (κ3) is 3.01. The summed E-state index contributed by atoms with van der Waals surface area (Å²) in [5.74, 6) is -0.291. The lowest BCUT2D eigenvalue weighted by Crippen LogP contribution is -1.93. The fourth-order valence-electron chi connectivity index (χ4n) is 1.87. The molecule has 0 fully saturated rings. The molecule has 1 aromatic carbocycles. The molecule has 3 rings (SSSR count). The summed E-state index contributed by atoms with van der Waals surface area (Å²) in [4.78, 5) is 12.4. The van der Waals surface area contributed by atoms with Gasteiger partial charge in [0.25, 0.3) is 0 Å². The predicted molar refractivity (Wildman–Crippen MR) is 80.7 cm³/mol. The van der Waals surface area contributed by atoms with Gasteiger partial charge >= 0.3 is 0 Å². The Hall–Kier alpha value is -2.04. The van der Waals surface area contributed by atoms with Gasteiger partial charge in [-0.1, -0.05) is 17.7 Å². The zero-order valence-corrected chi connectivity index (χ0v) is 12.1. The van der Waals surface area contributed by atoms with Gasteiger partial charge in [-0.25, -0.2) is 19.3 Å². The number of aromatic nitrogens is 3. The molecule has 0 bridgehead atoms. The minimum absolute atomic E-state index is 0.100. The molecule has 3 nitrogen and oxygen atoms in total.